The molecule has 0 bridgehead atoms. The van der Waals surface area contributed by atoms with Crippen molar-refractivity contribution < 1.29 is 14.0 Å². The van der Waals surface area contributed by atoms with Gasteiger partial charge in [-0.05, 0) is 66.9 Å². The number of halogens is 1. The van der Waals surface area contributed by atoms with Gasteiger partial charge in [0.15, 0.2) is 0 Å². The Labute approximate surface area is 197 Å². The normalized spacial score (nSPS) is 16.6. The highest BCUT2D eigenvalue weighted by molar-refractivity contribution is 6.45. The highest BCUT2D eigenvalue weighted by Crippen LogP contribution is 2.36. The molecule has 1 aromatic heterocycles. The van der Waals surface area contributed by atoms with Crippen LogP contribution in [0, 0.1) is 19.7 Å². The monoisotopic (exact) mass is 456 g/mol. The number of imide groups is 1. The molecule has 3 heterocycles. The smallest absolute Gasteiger partial charge is 0.282 e. The molecule has 0 atom stereocenters. The summed E-state index contributed by atoms with van der Waals surface area (Å²) in [6.07, 6.45) is 1.76. The van der Waals surface area contributed by atoms with Crippen LogP contribution in [-0.2, 0) is 9.59 Å². The van der Waals surface area contributed by atoms with Gasteiger partial charge in [-0.25, -0.2) is 14.3 Å². The van der Waals surface area contributed by atoms with Crippen LogP contribution in [0.5, 0.6) is 0 Å². The van der Waals surface area contributed by atoms with Crippen molar-refractivity contribution in [1.82, 2.24) is 9.88 Å². The van der Waals surface area contributed by atoms with Crippen molar-refractivity contribution in [3.8, 4) is 0 Å². The number of pyridine rings is 1. The van der Waals surface area contributed by atoms with E-state index >= 15 is 0 Å². The van der Waals surface area contributed by atoms with Crippen molar-refractivity contribution in [2.24, 2.45) is 0 Å². The van der Waals surface area contributed by atoms with E-state index in [-0.39, 0.29) is 11.8 Å². The van der Waals surface area contributed by atoms with Gasteiger partial charge < -0.3 is 9.80 Å². The minimum Gasteiger partial charge on any atom is -0.363 e. The molecule has 0 unspecified atom stereocenters. The van der Waals surface area contributed by atoms with Crippen molar-refractivity contribution in [3.63, 3.8) is 0 Å². The number of rotatable bonds is 4. The summed E-state index contributed by atoms with van der Waals surface area (Å²) in [7, 11) is 0. The van der Waals surface area contributed by atoms with Gasteiger partial charge in [0.2, 0.25) is 0 Å². The van der Waals surface area contributed by atoms with E-state index in [0.29, 0.717) is 48.7 Å². The second-order valence-corrected chi connectivity index (χ2v) is 8.68. The number of aromatic nitrogens is 1. The third kappa shape index (κ3) is 3.94. The van der Waals surface area contributed by atoms with E-state index in [2.05, 4.69) is 9.88 Å². The summed E-state index contributed by atoms with van der Waals surface area (Å²) in [5, 5.41) is 0. The molecular weight excluding hydrogens is 431 g/mol. The number of hydrogen-bond acceptors (Lipinski definition) is 5. The van der Waals surface area contributed by atoms with Crippen LogP contribution >= 0.6 is 0 Å². The number of carbonyl (C=O) groups is 2. The molecule has 172 valence electrons. The Balaban J connectivity index is 1.52. The third-order valence-electron chi connectivity index (χ3n) is 6.23. The average Bonchev–Trinajstić information content (AvgIpc) is 3.09. The number of piperazine rings is 1. The van der Waals surface area contributed by atoms with Crippen molar-refractivity contribution in [3.05, 3.63) is 95.1 Å². The first-order chi connectivity index (χ1) is 16.4. The van der Waals surface area contributed by atoms with Crippen LogP contribution in [0.4, 0.5) is 15.9 Å². The quantitative estimate of drug-likeness (QED) is 0.557. The molecule has 0 saturated carbocycles. The van der Waals surface area contributed by atoms with E-state index in [1.807, 2.05) is 55.1 Å². The summed E-state index contributed by atoms with van der Waals surface area (Å²) >= 11 is 0. The minimum atomic E-state index is -0.391. The molecule has 2 amide bonds. The summed E-state index contributed by atoms with van der Waals surface area (Å²) in [5.74, 6) is -0.234. The van der Waals surface area contributed by atoms with Gasteiger partial charge in [0.1, 0.15) is 17.3 Å². The van der Waals surface area contributed by atoms with Gasteiger partial charge >= 0.3 is 0 Å². The SMILES string of the molecule is Cc1cc(C)cc(N2C(=O)C(c3ccc(F)cc3)=C(N3CCN(c4ccccn4)CC3)C2=O)c1. The second kappa shape index (κ2) is 8.74. The fourth-order valence-electron chi connectivity index (χ4n) is 4.70. The summed E-state index contributed by atoms with van der Waals surface area (Å²) in [4.78, 5) is 37.2. The van der Waals surface area contributed by atoms with Crippen LogP contribution < -0.4 is 9.80 Å². The number of benzene rings is 2. The molecule has 5 rings (SSSR count). The van der Waals surface area contributed by atoms with E-state index in [1.54, 1.807) is 18.3 Å². The van der Waals surface area contributed by atoms with Crippen LogP contribution in [0.3, 0.4) is 0 Å². The highest BCUT2D eigenvalue weighted by Gasteiger charge is 2.43. The lowest BCUT2D eigenvalue weighted by atomic mass is 10.0. The number of nitrogens with zero attached hydrogens (tertiary/aromatic N) is 4. The molecule has 1 fully saturated rings. The van der Waals surface area contributed by atoms with Crippen LogP contribution in [0.2, 0.25) is 0 Å². The summed E-state index contributed by atoms with van der Waals surface area (Å²) in [5.41, 5.74) is 3.71. The zero-order valence-corrected chi connectivity index (χ0v) is 19.2. The molecule has 0 N–H and O–H groups in total. The largest absolute Gasteiger partial charge is 0.363 e. The molecule has 2 aromatic carbocycles. The molecule has 2 aliphatic rings. The topological polar surface area (TPSA) is 56.8 Å². The molecule has 0 spiro atoms. The maximum Gasteiger partial charge on any atom is 0.282 e. The zero-order chi connectivity index (χ0) is 23.8. The third-order valence-corrected chi connectivity index (χ3v) is 6.23. The van der Waals surface area contributed by atoms with Crippen molar-refractivity contribution in [1.29, 1.82) is 0 Å². The maximum absolute atomic E-state index is 13.7. The van der Waals surface area contributed by atoms with E-state index in [0.717, 1.165) is 16.9 Å². The number of anilines is 2. The van der Waals surface area contributed by atoms with Crippen molar-refractivity contribution in [2.45, 2.75) is 13.8 Å². The van der Waals surface area contributed by atoms with Gasteiger partial charge in [0.25, 0.3) is 11.8 Å². The highest BCUT2D eigenvalue weighted by atomic mass is 19.1. The lowest BCUT2D eigenvalue weighted by molar-refractivity contribution is -0.120. The molecule has 34 heavy (non-hydrogen) atoms. The van der Waals surface area contributed by atoms with Crippen molar-refractivity contribution >= 4 is 28.9 Å². The predicted octanol–water partition coefficient (Wildman–Crippen LogP) is 3.94. The van der Waals surface area contributed by atoms with Crippen molar-refractivity contribution in [2.75, 3.05) is 36.0 Å². The fraction of sp³-hybridized carbons (Fsp3) is 0.222. The first-order valence-electron chi connectivity index (χ1n) is 11.3. The first-order valence-corrected chi connectivity index (χ1v) is 11.3. The Bertz CT molecular complexity index is 1260. The molecule has 6 nitrogen and oxygen atoms in total. The van der Waals surface area contributed by atoms with Crippen LogP contribution in [0.1, 0.15) is 16.7 Å². The minimum absolute atomic E-state index is 0.315. The zero-order valence-electron chi connectivity index (χ0n) is 19.2. The number of amides is 2. The van der Waals surface area contributed by atoms with Gasteiger partial charge in [-0.1, -0.05) is 24.3 Å². The Morgan fingerprint density at radius 2 is 1.44 bits per heavy atom. The Kier molecular flexibility index (Phi) is 5.61. The van der Waals surface area contributed by atoms with Crippen LogP contribution in [0.25, 0.3) is 5.57 Å². The standard InChI is InChI=1S/C27H25FN4O2/c1-18-15-19(2)17-22(16-18)32-26(33)24(20-6-8-21(28)9-7-20)25(27(32)34)31-13-11-30(12-14-31)23-5-3-4-10-29-23/h3-10,15-17H,11-14H2,1-2H3. The second-order valence-electron chi connectivity index (χ2n) is 8.68. The first kappa shape index (κ1) is 21.8. The Morgan fingerprint density at radius 1 is 0.794 bits per heavy atom. The molecule has 0 radical (unpaired) electrons. The lowest BCUT2D eigenvalue weighted by Crippen LogP contribution is -2.48. The maximum atomic E-state index is 13.7. The van der Waals surface area contributed by atoms with E-state index in [1.165, 1.54) is 17.0 Å². The molecular formula is C27H25FN4O2. The van der Waals surface area contributed by atoms with E-state index in [4.69, 9.17) is 0 Å². The molecule has 2 aliphatic heterocycles. The average molecular weight is 457 g/mol. The number of aryl methyl sites for hydroxylation is 2. The number of carbonyl (C=O) groups excluding carboxylic acids is 2. The predicted molar refractivity (Wildman–Crippen MR) is 130 cm³/mol. The number of hydrogen-bond donors (Lipinski definition) is 0. The Morgan fingerprint density at radius 3 is 2.06 bits per heavy atom. The van der Waals surface area contributed by atoms with Gasteiger partial charge in [0, 0.05) is 32.4 Å². The Hall–Kier alpha value is -4.00. The molecule has 3 aromatic rings. The van der Waals surface area contributed by atoms with Gasteiger partial charge in [-0.2, -0.15) is 0 Å². The van der Waals surface area contributed by atoms with E-state index in [9.17, 15) is 14.0 Å². The molecule has 0 aliphatic carbocycles. The summed E-state index contributed by atoms with van der Waals surface area (Å²) < 4.78 is 13.6. The van der Waals surface area contributed by atoms with Gasteiger partial charge in [-0.3, -0.25) is 9.59 Å². The van der Waals surface area contributed by atoms with Gasteiger partial charge in [0.05, 0.1) is 11.3 Å². The van der Waals surface area contributed by atoms with Gasteiger partial charge in [-0.15, -0.1) is 0 Å². The van der Waals surface area contributed by atoms with E-state index < -0.39 is 5.82 Å². The molecule has 1 saturated heterocycles. The fourth-order valence-corrected chi connectivity index (χ4v) is 4.70. The van der Waals surface area contributed by atoms with Crippen LogP contribution in [0.15, 0.2) is 72.6 Å². The van der Waals surface area contributed by atoms with Crippen LogP contribution in [-0.4, -0.2) is 47.9 Å². The lowest BCUT2D eigenvalue weighted by Gasteiger charge is -2.37. The molecule has 7 heteroatoms. The summed E-state index contributed by atoms with van der Waals surface area (Å²) in [6.45, 7) is 6.35. The summed E-state index contributed by atoms with van der Waals surface area (Å²) in [6, 6.07) is 17.2.